The molecule has 2 aromatic carbocycles. The molecule has 0 aliphatic heterocycles. The van der Waals surface area contributed by atoms with E-state index >= 15 is 0 Å². The van der Waals surface area contributed by atoms with Crippen LogP contribution in [0, 0.1) is 11.6 Å². The van der Waals surface area contributed by atoms with Crippen molar-refractivity contribution in [3.05, 3.63) is 65.7 Å². The molecule has 34 heavy (non-hydrogen) atoms. The van der Waals surface area contributed by atoms with Crippen LogP contribution in [0.2, 0.25) is 0 Å². The largest absolute Gasteiger partial charge is 0.350 e. The second-order valence-corrected chi connectivity index (χ2v) is 11.0. The zero-order valence-corrected chi connectivity index (χ0v) is 20.8. The molecule has 0 aliphatic carbocycles. The van der Waals surface area contributed by atoms with Gasteiger partial charge in [0.05, 0.1) is 11.9 Å². The smallest absolute Gasteiger partial charge is 0.244 e. The normalized spacial score (nSPS) is 12.7. The quantitative estimate of drug-likeness (QED) is 0.579. The third kappa shape index (κ3) is 7.79. The number of hydrogen-bond donors (Lipinski definition) is 1. The molecule has 2 amide bonds. The van der Waals surface area contributed by atoms with Crippen LogP contribution in [0.15, 0.2) is 48.5 Å². The Morgan fingerprint density at radius 2 is 1.65 bits per heavy atom. The predicted octanol–water partition coefficient (Wildman–Crippen LogP) is 3.11. The van der Waals surface area contributed by atoms with Gasteiger partial charge >= 0.3 is 0 Å². The highest BCUT2D eigenvalue weighted by molar-refractivity contribution is 7.92. The second-order valence-electron chi connectivity index (χ2n) is 9.11. The van der Waals surface area contributed by atoms with Crippen LogP contribution in [0.3, 0.4) is 0 Å². The Bertz CT molecular complexity index is 1120. The Hall–Kier alpha value is -3.01. The summed E-state index contributed by atoms with van der Waals surface area (Å²) < 4.78 is 52.7. The SMILES string of the molecule is C[C@H](C(=O)NC(C)(C)C)N(CCc1ccccc1)C(=O)CN(c1ccc(F)c(F)c1)S(C)(=O)=O. The van der Waals surface area contributed by atoms with Gasteiger partial charge in [-0.15, -0.1) is 0 Å². The van der Waals surface area contributed by atoms with Gasteiger partial charge in [0, 0.05) is 18.2 Å². The third-order valence-electron chi connectivity index (χ3n) is 5.02. The number of nitrogens with zero attached hydrogens (tertiary/aromatic N) is 2. The summed E-state index contributed by atoms with van der Waals surface area (Å²) in [6.45, 7) is 6.46. The summed E-state index contributed by atoms with van der Waals surface area (Å²) in [5.41, 5.74) is 0.207. The molecule has 0 aliphatic rings. The lowest BCUT2D eigenvalue weighted by Crippen LogP contribution is -2.55. The van der Waals surface area contributed by atoms with Crippen LogP contribution in [-0.2, 0) is 26.0 Å². The average molecular weight is 496 g/mol. The van der Waals surface area contributed by atoms with Crippen LogP contribution >= 0.6 is 0 Å². The highest BCUT2D eigenvalue weighted by Crippen LogP contribution is 2.21. The molecule has 0 fully saturated rings. The number of carbonyl (C=O) groups excluding carboxylic acids is 2. The Kier molecular flexibility index (Phi) is 8.77. The van der Waals surface area contributed by atoms with Crippen molar-refractivity contribution >= 4 is 27.5 Å². The van der Waals surface area contributed by atoms with Crippen molar-refractivity contribution in [2.75, 3.05) is 23.7 Å². The van der Waals surface area contributed by atoms with Crippen LogP contribution in [0.25, 0.3) is 0 Å². The van der Waals surface area contributed by atoms with Gasteiger partial charge in [0.15, 0.2) is 11.6 Å². The van der Waals surface area contributed by atoms with Crippen molar-refractivity contribution in [3.8, 4) is 0 Å². The molecule has 0 saturated carbocycles. The maximum absolute atomic E-state index is 13.8. The molecule has 0 spiro atoms. The van der Waals surface area contributed by atoms with Crippen molar-refractivity contribution in [1.82, 2.24) is 10.2 Å². The number of carbonyl (C=O) groups is 2. The van der Waals surface area contributed by atoms with Gasteiger partial charge in [0.2, 0.25) is 21.8 Å². The molecule has 10 heteroatoms. The molecule has 186 valence electrons. The monoisotopic (exact) mass is 495 g/mol. The summed E-state index contributed by atoms with van der Waals surface area (Å²) in [4.78, 5) is 27.5. The van der Waals surface area contributed by atoms with Crippen LogP contribution in [0.1, 0.15) is 33.3 Å². The average Bonchev–Trinajstić information content (AvgIpc) is 2.72. The molecule has 0 saturated heterocycles. The summed E-state index contributed by atoms with van der Waals surface area (Å²) in [6, 6.07) is 11.0. The molecule has 0 heterocycles. The number of benzene rings is 2. The minimum atomic E-state index is -4.02. The molecule has 0 bridgehead atoms. The molecule has 2 rings (SSSR count). The predicted molar refractivity (Wildman–Crippen MR) is 128 cm³/mol. The van der Waals surface area contributed by atoms with Gasteiger partial charge in [-0.25, -0.2) is 17.2 Å². The van der Waals surface area contributed by atoms with E-state index in [1.807, 2.05) is 51.1 Å². The van der Waals surface area contributed by atoms with Crippen LogP contribution in [0.4, 0.5) is 14.5 Å². The van der Waals surface area contributed by atoms with E-state index in [0.717, 1.165) is 24.0 Å². The van der Waals surface area contributed by atoms with E-state index in [-0.39, 0.29) is 12.2 Å². The zero-order valence-electron chi connectivity index (χ0n) is 20.0. The number of sulfonamides is 1. The molecule has 2 aromatic rings. The van der Waals surface area contributed by atoms with Gasteiger partial charge in [-0.1, -0.05) is 30.3 Å². The van der Waals surface area contributed by atoms with Crippen molar-refractivity contribution < 1.29 is 26.8 Å². The van der Waals surface area contributed by atoms with E-state index in [1.165, 1.54) is 4.90 Å². The molecule has 0 aromatic heterocycles. The Balaban J connectivity index is 2.34. The first kappa shape index (κ1) is 27.2. The topological polar surface area (TPSA) is 86.8 Å². The van der Waals surface area contributed by atoms with E-state index in [2.05, 4.69) is 5.32 Å². The molecule has 1 N–H and O–H groups in total. The summed E-state index contributed by atoms with van der Waals surface area (Å²) in [5, 5.41) is 2.83. The standard InChI is InChI=1S/C24H31F2N3O4S/c1-17(23(31)27-24(2,3)4)28(14-13-18-9-7-6-8-10-18)22(30)16-29(34(5,32)33)19-11-12-20(25)21(26)15-19/h6-12,15,17H,13-14,16H2,1-5H3,(H,27,31)/t17-/m1/s1. The number of halogens is 2. The minimum Gasteiger partial charge on any atom is -0.350 e. The second kappa shape index (κ2) is 10.9. The van der Waals surface area contributed by atoms with Gasteiger partial charge in [-0.3, -0.25) is 13.9 Å². The maximum Gasteiger partial charge on any atom is 0.244 e. The van der Waals surface area contributed by atoms with E-state index in [1.54, 1.807) is 6.92 Å². The summed E-state index contributed by atoms with van der Waals surface area (Å²) in [6.07, 6.45) is 1.30. The lowest BCUT2D eigenvalue weighted by atomic mass is 10.1. The molecule has 0 radical (unpaired) electrons. The van der Waals surface area contributed by atoms with Crippen LogP contribution in [-0.4, -0.2) is 56.1 Å². The number of rotatable bonds is 9. The number of amides is 2. The van der Waals surface area contributed by atoms with E-state index in [0.29, 0.717) is 16.8 Å². The van der Waals surface area contributed by atoms with Gasteiger partial charge in [-0.05, 0) is 51.8 Å². The molecule has 0 unspecified atom stereocenters. The highest BCUT2D eigenvalue weighted by atomic mass is 32.2. The van der Waals surface area contributed by atoms with Gasteiger partial charge in [0.1, 0.15) is 12.6 Å². The summed E-state index contributed by atoms with van der Waals surface area (Å²) in [7, 11) is -4.02. The van der Waals surface area contributed by atoms with Crippen molar-refractivity contribution in [2.45, 2.75) is 45.7 Å². The van der Waals surface area contributed by atoms with Crippen LogP contribution < -0.4 is 9.62 Å². The highest BCUT2D eigenvalue weighted by Gasteiger charge is 2.31. The summed E-state index contributed by atoms with van der Waals surface area (Å²) in [5.74, 6) is -3.42. The van der Waals surface area contributed by atoms with Gasteiger partial charge in [-0.2, -0.15) is 0 Å². The third-order valence-corrected chi connectivity index (χ3v) is 6.16. The molecular formula is C24H31F2N3O4S. The number of anilines is 1. The van der Waals surface area contributed by atoms with E-state index in [9.17, 15) is 26.8 Å². The first-order valence-corrected chi connectivity index (χ1v) is 12.6. The maximum atomic E-state index is 13.8. The lowest BCUT2D eigenvalue weighted by Gasteiger charge is -2.33. The first-order valence-electron chi connectivity index (χ1n) is 10.8. The first-order chi connectivity index (χ1) is 15.7. The van der Waals surface area contributed by atoms with Gasteiger partial charge in [0.25, 0.3) is 0 Å². The Labute approximate surface area is 199 Å². The van der Waals surface area contributed by atoms with E-state index < -0.39 is 51.6 Å². The van der Waals surface area contributed by atoms with Crippen molar-refractivity contribution in [3.63, 3.8) is 0 Å². The fourth-order valence-electron chi connectivity index (χ4n) is 3.30. The molecule has 1 atom stereocenters. The summed E-state index contributed by atoms with van der Waals surface area (Å²) >= 11 is 0. The zero-order chi connectivity index (χ0) is 25.7. The molecule has 7 nitrogen and oxygen atoms in total. The Morgan fingerprint density at radius 1 is 1.03 bits per heavy atom. The Morgan fingerprint density at radius 3 is 2.18 bits per heavy atom. The van der Waals surface area contributed by atoms with E-state index in [4.69, 9.17) is 0 Å². The fourth-order valence-corrected chi connectivity index (χ4v) is 4.14. The van der Waals surface area contributed by atoms with Crippen LogP contribution in [0.5, 0.6) is 0 Å². The van der Waals surface area contributed by atoms with Crippen molar-refractivity contribution in [2.24, 2.45) is 0 Å². The lowest BCUT2D eigenvalue weighted by molar-refractivity contribution is -0.139. The molecular weight excluding hydrogens is 464 g/mol. The van der Waals surface area contributed by atoms with Crippen molar-refractivity contribution in [1.29, 1.82) is 0 Å². The van der Waals surface area contributed by atoms with Gasteiger partial charge < -0.3 is 10.2 Å². The minimum absolute atomic E-state index is 0.150. The number of nitrogens with one attached hydrogen (secondary N) is 1. The fraction of sp³-hybridized carbons (Fsp3) is 0.417. The number of hydrogen-bond acceptors (Lipinski definition) is 4.